The van der Waals surface area contributed by atoms with Crippen molar-refractivity contribution >= 4 is 0 Å². The van der Waals surface area contributed by atoms with Crippen molar-refractivity contribution in [2.24, 2.45) is 17.8 Å². The molecule has 0 heterocycles. The van der Waals surface area contributed by atoms with E-state index in [4.69, 9.17) is 0 Å². The fourth-order valence-electron chi connectivity index (χ4n) is 2.21. The van der Waals surface area contributed by atoms with Crippen LogP contribution in [0, 0.1) is 17.8 Å². The Morgan fingerprint density at radius 1 is 1.22 bits per heavy atom. The van der Waals surface area contributed by atoms with Crippen LogP contribution in [0.2, 0.25) is 0 Å². The lowest BCUT2D eigenvalue weighted by Crippen LogP contribution is -2.20. The lowest BCUT2D eigenvalue weighted by molar-refractivity contribution is 0.0934. The summed E-state index contributed by atoms with van der Waals surface area (Å²) >= 11 is 0. The molecule has 0 unspecified atom stereocenters. The van der Waals surface area contributed by atoms with Gasteiger partial charge in [0.15, 0.2) is 0 Å². The van der Waals surface area contributed by atoms with E-state index in [1.807, 2.05) is 0 Å². The second-order valence-corrected chi connectivity index (χ2v) is 3.80. The minimum Gasteiger partial charge on any atom is -0.393 e. The van der Waals surface area contributed by atoms with Crippen LogP contribution in [0.4, 0.5) is 0 Å². The molecule has 4 atom stereocenters. The fraction of sp³-hybridized carbons (Fsp3) is 1.00. The van der Waals surface area contributed by atoms with Crippen LogP contribution in [-0.2, 0) is 0 Å². The standard InChI is InChI=1S/C8H14O/c1-5-2-6-4-7(6)8(9)3-5/h5-9H,2-4H2,1H3/t5-,6+,7-,8+/m0/s1. The molecule has 2 aliphatic rings. The zero-order valence-corrected chi connectivity index (χ0v) is 5.88. The van der Waals surface area contributed by atoms with E-state index in [-0.39, 0.29) is 6.10 Å². The molecule has 0 aromatic heterocycles. The summed E-state index contributed by atoms with van der Waals surface area (Å²) in [6.07, 6.45) is 3.80. The Hall–Kier alpha value is -0.0400. The van der Waals surface area contributed by atoms with Crippen molar-refractivity contribution in [1.82, 2.24) is 0 Å². The van der Waals surface area contributed by atoms with E-state index < -0.39 is 0 Å². The quantitative estimate of drug-likeness (QED) is 0.520. The molecule has 52 valence electrons. The summed E-state index contributed by atoms with van der Waals surface area (Å²) in [5.41, 5.74) is 0. The van der Waals surface area contributed by atoms with Crippen LogP contribution in [0.25, 0.3) is 0 Å². The molecule has 0 amide bonds. The van der Waals surface area contributed by atoms with E-state index in [9.17, 15) is 5.11 Å². The maximum atomic E-state index is 9.39. The first-order chi connectivity index (χ1) is 4.27. The fourth-order valence-corrected chi connectivity index (χ4v) is 2.21. The lowest BCUT2D eigenvalue weighted by atomic mass is 9.89. The Morgan fingerprint density at radius 3 is 2.67 bits per heavy atom. The number of aliphatic hydroxyl groups excluding tert-OH is 1. The SMILES string of the molecule is C[C@H]1C[C@@H]2C[C@@H]2[C@H](O)C1. The third kappa shape index (κ3) is 0.877. The van der Waals surface area contributed by atoms with Gasteiger partial charge in [-0.25, -0.2) is 0 Å². The molecular weight excluding hydrogens is 112 g/mol. The van der Waals surface area contributed by atoms with E-state index >= 15 is 0 Å². The Kier molecular flexibility index (Phi) is 1.10. The molecule has 2 aliphatic carbocycles. The van der Waals surface area contributed by atoms with Gasteiger partial charge in [0.1, 0.15) is 0 Å². The van der Waals surface area contributed by atoms with E-state index in [2.05, 4.69) is 6.92 Å². The number of hydrogen-bond acceptors (Lipinski definition) is 1. The predicted molar refractivity (Wildman–Crippen MR) is 36.0 cm³/mol. The molecule has 0 aromatic rings. The van der Waals surface area contributed by atoms with Crippen molar-refractivity contribution in [3.63, 3.8) is 0 Å². The molecule has 2 fully saturated rings. The van der Waals surface area contributed by atoms with Gasteiger partial charge in [-0.05, 0) is 37.0 Å². The van der Waals surface area contributed by atoms with Gasteiger partial charge in [-0.3, -0.25) is 0 Å². The van der Waals surface area contributed by atoms with Gasteiger partial charge in [-0.2, -0.15) is 0 Å². The van der Waals surface area contributed by atoms with Gasteiger partial charge in [-0.15, -0.1) is 0 Å². The average Bonchev–Trinajstić information content (AvgIpc) is 2.43. The highest BCUT2D eigenvalue weighted by atomic mass is 16.3. The molecular formula is C8H14O. The van der Waals surface area contributed by atoms with Crippen LogP contribution in [0.3, 0.4) is 0 Å². The summed E-state index contributed by atoms with van der Waals surface area (Å²) < 4.78 is 0. The Bertz CT molecular complexity index is 122. The first-order valence-electron chi connectivity index (χ1n) is 3.95. The topological polar surface area (TPSA) is 20.2 Å². The zero-order chi connectivity index (χ0) is 6.43. The summed E-state index contributed by atoms with van der Waals surface area (Å²) in [6.45, 7) is 2.25. The summed E-state index contributed by atoms with van der Waals surface area (Å²) in [5, 5.41) is 9.39. The number of aliphatic hydroxyl groups is 1. The summed E-state index contributed by atoms with van der Waals surface area (Å²) in [6, 6.07) is 0. The van der Waals surface area contributed by atoms with Crippen LogP contribution in [0.1, 0.15) is 26.2 Å². The van der Waals surface area contributed by atoms with E-state index in [0.29, 0.717) is 5.92 Å². The van der Waals surface area contributed by atoms with Crippen LogP contribution >= 0.6 is 0 Å². The van der Waals surface area contributed by atoms with Gasteiger partial charge in [0.05, 0.1) is 6.10 Å². The van der Waals surface area contributed by atoms with Gasteiger partial charge >= 0.3 is 0 Å². The maximum absolute atomic E-state index is 9.39. The summed E-state index contributed by atoms with van der Waals surface area (Å²) in [5.74, 6) is 2.40. The van der Waals surface area contributed by atoms with Gasteiger partial charge < -0.3 is 5.11 Å². The van der Waals surface area contributed by atoms with Crippen LogP contribution in [0.5, 0.6) is 0 Å². The predicted octanol–water partition coefficient (Wildman–Crippen LogP) is 1.41. The largest absolute Gasteiger partial charge is 0.393 e. The lowest BCUT2D eigenvalue weighted by Gasteiger charge is -2.21. The highest BCUT2D eigenvalue weighted by molar-refractivity contribution is 4.96. The van der Waals surface area contributed by atoms with Crippen molar-refractivity contribution in [2.75, 3.05) is 0 Å². The van der Waals surface area contributed by atoms with Gasteiger partial charge in [0, 0.05) is 0 Å². The Morgan fingerprint density at radius 2 is 2.00 bits per heavy atom. The molecule has 0 saturated heterocycles. The highest BCUT2D eigenvalue weighted by Gasteiger charge is 2.46. The second kappa shape index (κ2) is 1.72. The second-order valence-electron chi connectivity index (χ2n) is 3.80. The summed E-state index contributed by atoms with van der Waals surface area (Å²) in [4.78, 5) is 0. The molecule has 1 nitrogen and oxygen atoms in total. The molecule has 1 N–H and O–H groups in total. The Balaban J connectivity index is 1.99. The Labute approximate surface area is 56.1 Å². The monoisotopic (exact) mass is 126 g/mol. The molecule has 2 rings (SSSR count). The van der Waals surface area contributed by atoms with Gasteiger partial charge in [0.25, 0.3) is 0 Å². The van der Waals surface area contributed by atoms with E-state index in [1.165, 1.54) is 12.8 Å². The van der Waals surface area contributed by atoms with E-state index in [1.54, 1.807) is 0 Å². The normalized spacial score (nSPS) is 56.7. The first kappa shape index (κ1) is 5.72. The molecule has 9 heavy (non-hydrogen) atoms. The third-order valence-corrected chi connectivity index (χ3v) is 2.82. The zero-order valence-electron chi connectivity index (χ0n) is 5.88. The van der Waals surface area contributed by atoms with Crippen molar-refractivity contribution in [3.05, 3.63) is 0 Å². The third-order valence-electron chi connectivity index (χ3n) is 2.82. The van der Waals surface area contributed by atoms with Crippen LogP contribution < -0.4 is 0 Å². The maximum Gasteiger partial charge on any atom is 0.0573 e. The molecule has 0 radical (unpaired) electrons. The van der Waals surface area contributed by atoms with Crippen molar-refractivity contribution in [1.29, 1.82) is 0 Å². The van der Waals surface area contributed by atoms with Crippen LogP contribution in [-0.4, -0.2) is 11.2 Å². The smallest absolute Gasteiger partial charge is 0.0573 e. The molecule has 0 aromatic carbocycles. The van der Waals surface area contributed by atoms with Gasteiger partial charge in [-0.1, -0.05) is 6.92 Å². The van der Waals surface area contributed by atoms with Crippen molar-refractivity contribution in [3.8, 4) is 0 Å². The first-order valence-corrected chi connectivity index (χ1v) is 3.95. The molecule has 0 spiro atoms. The van der Waals surface area contributed by atoms with Crippen molar-refractivity contribution < 1.29 is 5.11 Å². The number of rotatable bonds is 0. The van der Waals surface area contributed by atoms with E-state index in [0.717, 1.165) is 18.3 Å². The van der Waals surface area contributed by atoms with Crippen LogP contribution in [0.15, 0.2) is 0 Å². The minimum atomic E-state index is 0.0544. The highest BCUT2D eigenvalue weighted by Crippen LogP contribution is 2.51. The van der Waals surface area contributed by atoms with Gasteiger partial charge in [0.2, 0.25) is 0 Å². The average molecular weight is 126 g/mol. The molecule has 1 heteroatoms. The van der Waals surface area contributed by atoms with Crippen molar-refractivity contribution in [2.45, 2.75) is 32.3 Å². The molecule has 0 bridgehead atoms. The minimum absolute atomic E-state index is 0.0544. The summed E-state index contributed by atoms with van der Waals surface area (Å²) in [7, 11) is 0. The number of fused-ring (bicyclic) bond motifs is 1. The number of hydrogen-bond donors (Lipinski definition) is 1. The molecule has 0 aliphatic heterocycles. The molecule has 2 saturated carbocycles.